The molecular formula is C14H22N4O2. The molecule has 1 aliphatic heterocycles. The van der Waals surface area contributed by atoms with Crippen LogP contribution in [0.5, 0.6) is 0 Å². The quantitative estimate of drug-likeness (QED) is 0.880. The molecule has 0 saturated carbocycles. The Hall–Kier alpha value is -1.85. The molecule has 2 unspecified atom stereocenters. The Morgan fingerprint density at radius 1 is 1.35 bits per heavy atom. The second-order valence-electron chi connectivity index (χ2n) is 6.31. The zero-order valence-corrected chi connectivity index (χ0v) is 12.7. The number of carbonyl (C=O) groups is 2. The number of aryl methyl sites for hydroxylation is 1. The fraction of sp³-hybridized carbons (Fsp3) is 0.643. The third kappa shape index (κ3) is 2.42. The molecule has 1 saturated heterocycles. The lowest BCUT2D eigenvalue weighted by atomic mass is 9.83. The number of nitrogens with one attached hydrogen (secondary N) is 1. The molecule has 2 rings (SSSR count). The smallest absolute Gasteiger partial charge is 0.250 e. The van der Waals surface area contributed by atoms with Crippen molar-refractivity contribution in [2.75, 3.05) is 4.90 Å². The second kappa shape index (κ2) is 4.92. The van der Waals surface area contributed by atoms with Crippen LogP contribution in [-0.2, 0) is 16.6 Å². The summed E-state index contributed by atoms with van der Waals surface area (Å²) in [5.41, 5.74) is 0.347. The van der Waals surface area contributed by atoms with Crippen LogP contribution in [0.1, 0.15) is 34.1 Å². The van der Waals surface area contributed by atoms with Crippen LogP contribution in [0.3, 0.4) is 0 Å². The Morgan fingerprint density at radius 2 is 2.00 bits per heavy atom. The van der Waals surface area contributed by atoms with Crippen LogP contribution in [0.25, 0.3) is 0 Å². The summed E-state index contributed by atoms with van der Waals surface area (Å²) in [6, 6.07) is -0.983. The molecule has 2 amide bonds. The fourth-order valence-electron chi connectivity index (χ4n) is 2.50. The van der Waals surface area contributed by atoms with Gasteiger partial charge in [-0.2, -0.15) is 5.10 Å². The molecule has 0 spiro atoms. The summed E-state index contributed by atoms with van der Waals surface area (Å²) >= 11 is 0. The molecule has 6 heteroatoms. The molecule has 1 fully saturated rings. The van der Waals surface area contributed by atoms with Crippen molar-refractivity contribution in [2.45, 2.75) is 46.2 Å². The number of hydrogen-bond donors (Lipinski definition) is 1. The number of amides is 2. The van der Waals surface area contributed by atoms with Gasteiger partial charge in [-0.25, -0.2) is 0 Å². The van der Waals surface area contributed by atoms with Crippen molar-refractivity contribution in [3.8, 4) is 0 Å². The van der Waals surface area contributed by atoms with E-state index in [1.165, 1.54) is 0 Å². The van der Waals surface area contributed by atoms with Gasteiger partial charge in [0.25, 0.3) is 5.91 Å². The van der Waals surface area contributed by atoms with E-state index in [4.69, 9.17) is 0 Å². The summed E-state index contributed by atoms with van der Waals surface area (Å²) in [6.45, 7) is 7.74. The molecule has 1 aliphatic rings. The van der Waals surface area contributed by atoms with Crippen molar-refractivity contribution >= 4 is 17.5 Å². The van der Waals surface area contributed by atoms with Crippen molar-refractivity contribution in [1.82, 2.24) is 15.1 Å². The summed E-state index contributed by atoms with van der Waals surface area (Å²) in [7, 11) is 1.79. The van der Waals surface area contributed by atoms with Crippen molar-refractivity contribution in [3.63, 3.8) is 0 Å². The molecule has 1 aromatic rings. The summed E-state index contributed by atoms with van der Waals surface area (Å²) in [4.78, 5) is 26.6. The Morgan fingerprint density at radius 3 is 2.45 bits per heavy atom. The van der Waals surface area contributed by atoms with Crippen LogP contribution in [0.15, 0.2) is 12.4 Å². The van der Waals surface area contributed by atoms with E-state index in [2.05, 4.69) is 10.4 Å². The van der Waals surface area contributed by atoms with Gasteiger partial charge >= 0.3 is 0 Å². The number of carbonyl (C=O) groups excluding carboxylic acids is 2. The van der Waals surface area contributed by atoms with Crippen molar-refractivity contribution in [2.24, 2.45) is 12.5 Å². The lowest BCUT2D eigenvalue weighted by Crippen LogP contribution is -2.66. The van der Waals surface area contributed by atoms with Gasteiger partial charge in [-0.3, -0.25) is 19.2 Å². The Kier molecular flexibility index (Phi) is 3.58. The highest BCUT2D eigenvalue weighted by atomic mass is 16.2. The molecule has 0 bridgehead atoms. The van der Waals surface area contributed by atoms with E-state index in [1.807, 2.05) is 27.7 Å². The van der Waals surface area contributed by atoms with Gasteiger partial charge in [-0.05, 0) is 11.8 Å². The van der Waals surface area contributed by atoms with E-state index in [9.17, 15) is 9.59 Å². The van der Waals surface area contributed by atoms with Crippen LogP contribution in [0.2, 0.25) is 0 Å². The minimum absolute atomic E-state index is 0.0723. The highest BCUT2D eigenvalue weighted by molar-refractivity contribution is 6.08. The largest absolute Gasteiger partial charge is 0.342 e. The molecule has 1 aromatic heterocycles. The Balaban J connectivity index is 2.43. The third-order valence-electron chi connectivity index (χ3n) is 3.61. The van der Waals surface area contributed by atoms with Crippen LogP contribution >= 0.6 is 0 Å². The molecule has 6 nitrogen and oxygen atoms in total. The maximum atomic E-state index is 12.8. The molecule has 0 aliphatic carbocycles. The van der Waals surface area contributed by atoms with Crippen LogP contribution < -0.4 is 10.2 Å². The van der Waals surface area contributed by atoms with E-state index in [-0.39, 0.29) is 17.2 Å². The van der Waals surface area contributed by atoms with Gasteiger partial charge < -0.3 is 5.32 Å². The number of rotatable bonds is 2. The summed E-state index contributed by atoms with van der Waals surface area (Å²) < 4.78 is 1.63. The topological polar surface area (TPSA) is 67.2 Å². The molecule has 0 aromatic carbocycles. The second-order valence-corrected chi connectivity index (χ2v) is 6.31. The minimum Gasteiger partial charge on any atom is -0.342 e. The highest BCUT2D eigenvalue weighted by Gasteiger charge is 2.45. The monoisotopic (exact) mass is 278 g/mol. The van der Waals surface area contributed by atoms with E-state index in [0.717, 1.165) is 0 Å². The molecule has 2 heterocycles. The van der Waals surface area contributed by atoms with Crippen molar-refractivity contribution in [1.29, 1.82) is 0 Å². The minimum atomic E-state index is -0.516. The number of aromatic nitrogens is 2. The lowest BCUT2D eigenvalue weighted by Gasteiger charge is -2.42. The van der Waals surface area contributed by atoms with E-state index in [0.29, 0.717) is 12.1 Å². The van der Waals surface area contributed by atoms with E-state index in [1.54, 1.807) is 29.0 Å². The molecule has 110 valence electrons. The SMILES string of the molecule is CCC1C(=O)NC(C(C)(C)C)C(=O)N1c1cnn(C)c1. The van der Waals surface area contributed by atoms with Gasteiger partial charge in [0.05, 0.1) is 11.9 Å². The average Bonchev–Trinajstić information content (AvgIpc) is 2.76. The van der Waals surface area contributed by atoms with Crippen molar-refractivity contribution < 1.29 is 9.59 Å². The first-order valence-electron chi connectivity index (χ1n) is 6.87. The maximum Gasteiger partial charge on any atom is 0.250 e. The lowest BCUT2D eigenvalue weighted by molar-refractivity contribution is -0.136. The van der Waals surface area contributed by atoms with Gasteiger partial charge in [-0.1, -0.05) is 27.7 Å². The van der Waals surface area contributed by atoms with E-state index < -0.39 is 12.1 Å². The van der Waals surface area contributed by atoms with Gasteiger partial charge in [0.1, 0.15) is 12.1 Å². The zero-order chi connectivity index (χ0) is 15.1. The standard InChI is InChI=1S/C14H22N4O2/c1-6-10-12(19)16-11(14(2,3)4)13(20)18(10)9-7-15-17(5)8-9/h7-8,10-11H,6H2,1-5H3,(H,16,19). The maximum absolute atomic E-state index is 12.8. The Labute approximate surface area is 119 Å². The average molecular weight is 278 g/mol. The van der Waals surface area contributed by atoms with Gasteiger partial charge in [0, 0.05) is 13.2 Å². The molecule has 20 heavy (non-hydrogen) atoms. The first-order chi connectivity index (χ1) is 9.25. The van der Waals surface area contributed by atoms with Crippen LogP contribution in [0.4, 0.5) is 5.69 Å². The van der Waals surface area contributed by atoms with Crippen molar-refractivity contribution in [3.05, 3.63) is 12.4 Å². The molecule has 1 N–H and O–H groups in total. The first-order valence-corrected chi connectivity index (χ1v) is 6.87. The number of hydrogen-bond acceptors (Lipinski definition) is 3. The molecule has 0 radical (unpaired) electrons. The summed E-state index contributed by atoms with van der Waals surface area (Å²) in [6.07, 6.45) is 3.96. The predicted octanol–water partition coefficient (Wildman–Crippen LogP) is 1.08. The fourth-order valence-corrected chi connectivity index (χ4v) is 2.50. The van der Waals surface area contributed by atoms with Crippen LogP contribution in [0, 0.1) is 5.41 Å². The third-order valence-corrected chi connectivity index (χ3v) is 3.61. The van der Waals surface area contributed by atoms with E-state index >= 15 is 0 Å². The van der Waals surface area contributed by atoms with Gasteiger partial charge in [0.2, 0.25) is 5.91 Å². The van der Waals surface area contributed by atoms with Gasteiger partial charge in [-0.15, -0.1) is 0 Å². The zero-order valence-electron chi connectivity index (χ0n) is 12.7. The summed E-state index contributed by atoms with van der Waals surface area (Å²) in [5.74, 6) is -0.173. The summed E-state index contributed by atoms with van der Waals surface area (Å²) in [5, 5.41) is 6.95. The predicted molar refractivity (Wildman–Crippen MR) is 76.2 cm³/mol. The van der Waals surface area contributed by atoms with Crippen LogP contribution in [-0.4, -0.2) is 33.7 Å². The molecule has 2 atom stereocenters. The number of anilines is 1. The normalized spacial score (nSPS) is 23.9. The Bertz CT molecular complexity index is 530. The highest BCUT2D eigenvalue weighted by Crippen LogP contribution is 2.29. The number of nitrogens with zero attached hydrogens (tertiary/aromatic N) is 3. The first kappa shape index (κ1) is 14.6. The molecular weight excluding hydrogens is 256 g/mol. The van der Waals surface area contributed by atoms with Gasteiger partial charge in [0.15, 0.2) is 0 Å². The number of piperazine rings is 1.